The molecule has 0 aliphatic rings. The van der Waals surface area contributed by atoms with Crippen LogP contribution in [0.2, 0.25) is 0 Å². The van der Waals surface area contributed by atoms with Crippen LogP contribution in [0.15, 0.2) is 24.3 Å². The molecule has 1 rings (SSSR count). The van der Waals surface area contributed by atoms with E-state index in [2.05, 4.69) is 0 Å². The number of hydrogen-bond donors (Lipinski definition) is 1. The highest BCUT2D eigenvalue weighted by atomic mass is 16.5. The molecule has 0 atom stereocenters. The molecule has 0 bridgehead atoms. The van der Waals surface area contributed by atoms with Crippen LogP contribution in [0.4, 0.5) is 0 Å². The van der Waals surface area contributed by atoms with Gasteiger partial charge in [-0.1, -0.05) is 12.1 Å². The molecule has 0 saturated heterocycles. The van der Waals surface area contributed by atoms with E-state index >= 15 is 0 Å². The van der Waals surface area contributed by atoms with Gasteiger partial charge in [-0.05, 0) is 17.7 Å². The van der Waals surface area contributed by atoms with E-state index in [9.17, 15) is 0 Å². The number of aliphatic hydroxyl groups is 1. The summed E-state index contributed by atoms with van der Waals surface area (Å²) in [7, 11) is 1.68. The number of hydrogen-bond acceptors (Lipinski definition) is 3. The molecule has 0 saturated carbocycles. The topological polar surface area (TPSA) is 38.7 Å². The summed E-state index contributed by atoms with van der Waals surface area (Å²) in [6.07, 6.45) is 0.887. The molecule has 0 amide bonds. The van der Waals surface area contributed by atoms with Crippen LogP contribution in [-0.4, -0.2) is 25.4 Å². The summed E-state index contributed by atoms with van der Waals surface area (Å²) in [4.78, 5) is 0. The first-order valence-electron chi connectivity index (χ1n) is 4.68. The zero-order chi connectivity index (χ0) is 10.2. The smallest absolute Gasteiger partial charge is 0.119 e. The second-order valence-electron chi connectivity index (χ2n) is 3.00. The van der Waals surface area contributed by atoms with E-state index in [1.807, 2.05) is 24.3 Å². The Balaban J connectivity index is 2.29. The van der Waals surface area contributed by atoms with Gasteiger partial charge in [0.05, 0.1) is 13.2 Å². The number of aliphatic hydroxyl groups excluding tert-OH is 1. The highest BCUT2D eigenvalue weighted by Crippen LogP contribution is 2.12. The molecule has 0 unspecified atom stereocenters. The van der Waals surface area contributed by atoms with Gasteiger partial charge < -0.3 is 14.6 Å². The Bertz CT molecular complexity index is 243. The Kier molecular flexibility index (Phi) is 5.04. The number of rotatable bonds is 6. The van der Waals surface area contributed by atoms with Crippen LogP contribution in [0.3, 0.4) is 0 Å². The van der Waals surface area contributed by atoms with Crippen molar-refractivity contribution in [3.63, 3.8) is 0 Å². The van der Waals surface area contributed by atoms with Crippen LogP contribution in [0.1, 0.15) is 12.0 Å². The van der Waals surface area contributed by atoms with Gasteiger partial charge in [-0.15, -0.1) is 0 Å². The van der Waals surface area contributed by atoms with E-state index in [0.717, 1.165) is 17.7 Å². The first-order chi connectivity index (χ1) is 6.86. The van der Waals surface area contributed by atoms with Crippen LogP contribution in [0.25, 0.3) is 0 Å². The van der Waals surface area contributed by atoms with Gasteiger partial charge in [0, 0.05) is 20.1 Å². The van der Waals surface area contributed by atoms with Crippen molar-refractivity contribution < 1.29 is 14.6 Å². The molecule has 0 spiro atoms. The summed E-state index contributed by atoms with van der Waals surface area (Å²) in [5.41, 5.74) is 0.897. The Hall–Kier alpha value is -1.06. The summed E-state index contributed by atoms with van der Waals surface area (Å²) in [6, 6.07) is 7.42. The predicted molar refractivity (Wildman–Crippen MR) is 54.4 cm³/mol. The minimum atomic E-state index is 0.0734. The molecular formula is C11H16O3. The van der Waals surface area contributed by atoms with Crippen molar-refractivity contribution in [2.24, 2.45) is 0 Å². The van der Waals surface area contributed by atoms with Gasteiger partial charge in [0.25, 0.3) is 0 Å². The molecular weight excluding hydrogens is 180 g/mol. The fourth-order valence-corrected chi connectivity index (χ4v) is 1.08. The molecule has 0 heterocycles. The summed E-state index contributed by atoms with van der Waals surface area (Å²) >= 11 is 0. The third-order valence-corrected chi connectivity index (χ3v) is 1.87. The van der Waals surface area contributed by atoms with E-state index < -0.39 is 0 Å². The minimum absolute atomic E-state index is 0.0734. The summed E-state index contributed by atoms with van der Waals surface area (Å²) in [5.74, 6) is 0.832. The highest BCUT2D eigenvalue weighted by molar-refractivity contribution is 5.26. The van der Waals surface area contributed by atoms with E-state index in [1.54, 1.807) is 7.11 Å². The van der Waals surface area contributed by atoms with Gasteiger partial charge in [-0.2, -0.15) is 0 Å². The average Bonchev–Trinajstić information content (AvgIpc) is 2.25. The molecule has 14 heavy (non-hydrogen) atoms. The molecule has 1 aromatic rings. The van der Waals surface area contributed by atoms with Crippen molar-refractivity contribution in [2.75, 3.05) is 20.3 Å². The second-order valence-corrected chi connectivity index (χ2v) is 3.00. The monoisotopic (exact) mass is 196 g/mol. The van der Waals surface area contributed by atoms with Gasteiger partial charge in [0.15, 0.2) is 0 Å². The lowest BCUT2D eigenvalue weighted by Gasteiger charge is -2.05. The van der Waals surface area contributed by atoms with Crippen molar-refractivity contribution in [1.29, 1.82) is 0 Å². The standard InChI is InChI=1S/C11H16O3/c1-13-7-2-8-14-11-5-3-10(9-12)4-6-11/h3-6,12H,2,7-9H2,1H3. The number of ether oxygens (including phenoxy) is 2. The molecule has 0 fully saturated rings. The van der Waals surface area contributed by atoms with Gasteiger partial charge in [-0.25, -0.2) is 0 Å². The van der Waals surface area contributed by atoms with Crippen molar-refractivity contribution in [3.05, 3.63) is 29.8 Å². The van der Waals surface area contributed by atoms with Gasteiger partial charge in [0.1, 0.15) is 5.75 Å². The van der Waals surface area contributed by atoms with E-state index in [1.165, 1.54) is 0 Å². The maximum Gasteiger partial charge on any atom is 0.119 e. The van der Waals surface area contributed by atoms with Crippen LogP contribution in [0, 0.1) is 0 Å². The lowest BCUT2D eigenvalue weighted by Crippen LogP contribution is -2.01. The molecule has 0 aromatic heterocycles. The first-order valence-corrected chi connectivity index (χ1v) is 4.68. The van der Waals surface area contributed by atoms with Crippen LogP contribution < -0.4 is 4.74 Å². The summed E-state index contributed by atoms with van der Waals surface area (Å²) in [6.45, 7) is 1.45. The van der Waals surface area contributed by atoms with Gasteiger partial charge >= 0.3 is 0 Å². The summed E-state index contributed by atoms with van der Waals surface area (Å²) < 4.78 is 10.3. The van der Waals surface area contributed by atoms with Crippen molar-refractivity contribution in [2.45, 2.75) is 13.0 Å². The lowest BCUT2D eigenvalue weighted by atomic mass is 10.2. The zero-order valence-corrected chi connectivity index (χ0v) is 8.40. The molecule has 0 aliphatic carbocycles. The maximum atomic E-state index is 8.82. The fraction of sp³-hybridized carbons (Fsp3) is 0.455. The summed E-state index contributed by atoms with van der Waals surface area (Å²) in [5, 5.41) is 8.82. The number of methoxy groups -OCH3 is 1. The third kappa shape index (κ3) is 3.77. The first kappa shape index (κ1) is 11.0. The minimum Gasteiger partial charge on any atom is -0.494 e. The second kappa shape index (κ2) is 6.40. The predicted octanol–water partition coefficient (Wildman–Crippen LogP) is 1.59. The third-order valence-electron chi connectivity index (χ3n) is 1.87. The molecule has 0 radical (unpaired) electrons. The van der Waals surface area contributed by atoms with Crippen LogP contribution >= 0.6 is 0 Å². The Morgan fingerprint density at radius 1 is 1.14 bits per heavy atom. The molecule has 0 aliphatic heterocycles. The van der Waals surface area contributed by atoms with Crippen LogP contribution in [0.5, 0.6) is 5.75 Å². The molecule has 3 heteroatoms. The Morgan fingerprint density at radius 2 is 1.86 bits per heavy atom. The van der Waals surface area contributed by atoms with E-state index in [0.29, 0.717) is 13.2 Å². The normalized spacial score (nSPS) is 10.1. The quantitative estimate of drug-likeness (QED) is 0.702. The van der Waals surface area contributed by atoms with Crippen molar-refractivity contribution >= 4 is 0 Å². The van der Waals surface area contributed by atoms with E-state index in [-0.39, 0.29) is 6.61 Å². The lowest BCUT2D eigenvalue weighted by molar-refractivity contribution is 0.172. The molecule has 3 nitrogen and oxygen atoms in total. The highest BCUT2D eigenvalue weighted by Gasteiger charge is 1.94. The number of benzene rings is 1. The SMILES string of the molecule is COCCCOc1ccc(CO)cc1. The average molecular weight is 196 g/mol. The Labute approximate surface area is 84.3 Å². The van der Waals surface area contributed by atoms with Crippen molar-refractivity contribution in [3.8, 4) is 5.75 Å². The molecule has 1 N–H and O–H groups in total. The molecule has 78 valence electrons. The fourth-order valence-electron chi connectivity index (χ4n) is 1.08. The van der Waals surface area contributed by atoms with Gasteiger partial charge in [0.2, 0.25) is 0 Å². The zero-order valence-electron chi connectivity index (χ0n) is 8.40. The van der Waals surface area contributed by atoms with Crippen molar-refractivity contribution in [1.82, 2.24) is 0 Å². The van der Waals surface area contributed by atoms with E-state index in [4.69, 9.17) is 14.6 Å². The van der Waals surface area contributed by atoms with Gasteiger partial charge in [-0.3, -0.25) is 0 Å². The molecule has 1 aromatic carbocycles. The Morgan fingerprint density at radius 3 is 2.43 bits per heavy atom. The largest absolute Gasteiger partial charge is 0.494 e. The van der Waals surface area contributed by atoms with Crippen LogP contribution in [-0.2, 0) is 11.3 Å². The maximum absolute atomic E-state index is 8.82.